The predicted octanol–water partition coefficient (Wildman–Crippen LogP) is 1.58. The van der Waals surface area contributed by atoms with Crippen LogP contribution in [0.2, 0.25) is 0 Å². The first kappa shape index (κ1) is 16.0. The first-order valence-corrected chi connectivity index (χ1v) is 9.34. The highest BCUT2D eigenvalue weighted by atomic mass is 16.2. The Balaban J connectivity index is 1.58. The van der Waals surface area contributed by atoms with Crippen LogP contribution in [0.25, 0.3) is 0 Å². The second-order valence-corrected chi connectivity index (χ2v) is 8.02. The van der Waals surface area contributed by atoms with Gasteiger partial charge in [0.25, 0.3) is 0 Å². The zero-order valence-corrected chi connectivity index (χ0v) is 14.8. The van der Waals surface area contributed by atoms with Crippen LogP contribution >= 0.6 is 0 Å². The maximum Gasteiger partial charge on any atom is 0.222 e. The summed E-state index contributed by atoms with van der Waals surface area (Å²) >= 11 is 0. The summed E-state index contributed by atoms with van der Waals surface area (Å²) in [4.78, 5) is 16.8. The van der Waals surface area contributed by atoms with Crippen LogP contribution in [0, 0.1) is 5.92 Å². The third-order valence-corrected chi connectivity index (χ3v) is 6.20. The number of carbonyl (C=O) groups is 1. The van der Waals surface area contributed by atoms with E-state index in [1.165, 1.54) is 25.7 Å². The van der Waals surface area contributed by atoms with Crippen molar-refractivity contribution in [3.8, 4) is 0 Å². The van der Waals surface area contributed by atoms with Crippen LogP contribution < -0.4 is 0 Å². The highest BCUT2D eigenvalue weighted by Gasteiger charge is 2.48. The molecule has 3 aliphatic rings. The Kier molecular flexibility index (Phi) is 4.06. The van der Waals surface area contributed by atoms with Gasteiger partial charge >= 0.3 is 0 Å². The molecule has 1 saturated heterocycles. The number of tetrazole rings is 1. The topological polar surface area (TPSA) is 67.2 Å². The third-order valence-electron chi connectivity index (χ3n) is 6.20. The van der Waals surface area contributed by atoms with E-state index in [-0.39, 0.29) is 5.54 Å². The van der Waals surface area contributed by atoms with Crippen LogP contribution in [0.3, 0.4) is 0 Å². The van der Waals surface area contributed by atoms with E-state index >= 15 is 0 Å². The predicted molar refractivity (Wildman–Crippen MR) is 89.2 cm³/mol. The molecule has 2 saturated carbocycles. The summed E-state index contributed by atoms with van der Waals surface area (Å²) < 4.78 is 2.06. The van der Waals surface area contributed by atoms with Crippen molar-refractivity contribution in [2.45, 2.75) is 62.9 Å². The number of rotatable bonds is 5. The first-order chi connectivity index (χ1) is 11.6. The number of likely N-dealkylation sites (tertiary alicyclic amines) is 1. The summed E-state index contributed by atoms with van der Waals surface area (Å²) in [6.07, 6.45) is 8.89. The molecule has 0 aromatic carbocycles. The SMILES string of the molecule is CN(C)C1(c2nnnn2C2CCCC2)CCN(C(=O)CC2CC2)C1. The Hall–Kier alpha value is -1.50. The number of nitrogens with zero attached hydrogens (tertiary/aromatic N) is 6. The van der Waals surface area contributed by atoms with Crippen LogP contribution in [0.5, 0.6) is 0 Å². The summed E-state index contributed by atoms with van der Waals surface area (Å²) in [5.74, 6) is 1.89. The van der Waals surface area contributed by atoms with E-state index in [2.05, 4.69) is 39.2 Å². The monoisotopic (exact) mass is 332 g/mol. The molecule has 0 N–H and O–H groups in total. The minimum atomic E-state index is -0.259. The van der Waals surface area contributed by atoms with Gasteiger partial charge in [-0.2, -0.15) is 0 Å². The molecule has 1 amide bonds. The number of hydrogen-bond donors (Lipinski definition) is 0. The Bertz CT molecular complexity index is 604. The van der Waals surface area contributed by atoms with E-state index < -0.39 is 0 Å². The second-order valence-electron chi connectivity index (χ2n) is 8.02. The van der Waals surface area contributed by atoms with Crippen molar-refractivity contribution < 1.29 is 4.79 Å². The molecule has 1 unspecified atom stereocenters. The normalized spacial score (nSPS) is 28.2. The van der Waals surface area contributed by atoms with Gasteiger partial charge in [-0.3, -0.25) is 9.69 Å². The van der Waals surface area contributed by atoms with Gasteiger partial charge in [0.15, 0.2) is 5.82 Å². The number of aromatic nitrogens is 4. The van der Waals surface area contributed by atoms with E-state index in [0.29, 0.717) is 24.4 Å². The molecule has 24 heavy (non-hydrogen) atoms. The molecule has 2 aliphatic carbocycles. The van der Waals surface area contributed by atoms with Gasteiger partial charge < -0.3 is 4.90 Å². The summed E-state index contributed by atoms with van der Waals surface area (Å²) in [6.45, 7) is 1.51. The molecular weight excluding hydrogens is 304 g/mol. The summed E-state index contributed by atoms with van der Waals surface area (Å²) in [7, 11) is 4.17. The van der Waals surface area contributed by atoms with Gasteiger partial charge in [-0.25, -0.2) is 4.68 Å². The third kappa shape index (κ3) is 2.72. The van der Waals surface area contributed by atoms with Crippen LogP contribution in [0.4, 0.5) is 0 Å². The van der Waals surface area contributed by atoms with Crippen molar-refractivity contribution in [2.24, 2.45) is 5.92 Å². The van der Waals surface area contributed by atoms with E-state index in [4.69, 9.17) is 0 Å². The minimum Gasteiger partial charge on any atom is -0.340 e. The molecule has 0 radical (unpaired) electrons. The zero-order valence-electron chi connectivity index (χ0n) is 14.8. The fraction of sp³-hybridized carbons (Fsp3) is 0.882. The van der Waals surface area contributed by atoms with Crippen LogP contribution in [0.15, 0.2) is 0 Å². The van der Waals surface area contributed by atoms with E-state index in [1.807, 2.05) is 4.90 Å². The molecule has 2 heterocycles. The van der Waals surface area contributed by atoms with Crippen molar-refractivity contribution in [2.75, 3.05) is 27.2 Å². The van der Waals surface area contributed by atoms with E-state index in [0.717, 1.165) is 38.1 Å². The molecule has 1 atom stereocenters. The lowest BCUT2D eigenvalue weighted by Gasteiger charge is -2.35. The highest BCUT2D eigenvalue weighted by Crippen LogP contribution is 2.40. The largest absolute Gasteiger partial charge is 0.340 e. The molecule has 7 nitrogen and oxygen atoms in total. The lowest BCUT2D eigenvalue weighted by Crippen LogP contribution is -2.47. The van der Waals surface area contributed by atoms with Gasteiger partial charge in [-0.15, -0.1) is 5.10 Å². The first-order valence-electron chi connectivity index (χ1n) is 9.34. The number of hydrogen-bond acceptors (Lipinski definition) is 5. The molecule has 0 spiro atoms. The van der Waals surface area contributed by atoms with Crippen molar-refractivity contribution in [1.29, 1.82) is 0 Å². The minimum absolute atomic E-state index is 0.259. The van der Waals surface area contributed by atoms with Crippen molar-refractivity contribution in [3.63, 3.8) is 0 Å². The quantitative estimate of drug-likeness (QED) is 0.819. The molecule has 4 rings (SSSR count). The number of amides is 1. The Morgan fingerprint density at radius 2 is 2.00 bits per heavy atom. The van der Waals surface area contributed by atoms with Gasteiger partial charge in [0, 0.05) is 19.5 Å². The Morgan fingerprint density at radius 3 is 2.67 bits per heavy atom. The standard InChI is InChI=1S/C17H28N6O/c1-21(2)17(9-10-22(12-17)15(24)11-13-7-8-13)16-18-19-20-23(16)14-5-3-4-6-14/h13-14H,3-12H2,1-2H3. The fourth-order valence-corrected chi connectivity index (χ4v) is 4.35. The van der Waals surface area contributed by atoms with Gasteiger partial charge in [0.1, 0.15) is 5.54 Å². The lowest BCUT2D eigenvalue weighted by atomic mass is 9.95. The van der Waals surface area contributed by atoms with E-state index in [1.54, 1.807) is 0 Å². The molecule has 0 bridgehead atoms. The van der Waals surface area contributed by atoms with Crippen LogP contribution in [0.1, 0.15) is 63.2 Å². The van der Waals surface area contributed by atoms with Gasteiger partial charge in [0.05, 0.1) is 6.04 Å². The summed E-state index contributed by atoms with van der Waals surface area (Å²) in [5.41, 5.74) is -0.259. The number of likely N-dealkylation sites (N-methyl/N-ethyl adjacent to an activating group) is 1. The van der Waals surface area contributed by atoms with E-state index in [9.17, 15) is 4.79 Å². The van der Waals surface area contributed by atoms with Crippen LogP contribution in [-0.4, -0.2) is 63.1 Å². The van der Waals surface area contributed by atoms with Gasteiger partial charge in [-0.05, 0) is 62.5 Å². The summed E-state index contributed by atoms with van der Waals surface area (Å²) in [5, 5.41) is 12.7. The molecule has 1 aromatic rings. The fourth-order valence-electron chi connectivity index (χ4n) is 4.35. The van der Waals surface area contributed by atoms with Gasteiger partial charge in [0.2, 0.25) is 5.91 Å². The van der Waals surface area contributed by atoms with Crippen molar-refractivity contribution in [3.05, 3.63) is 5.82 Å². The van der Waals surface area contributed by atoms with Gasteiger partial charge in [-0.1, -0.05) is 12.8 Å². The lowest BCUT2D eigenvalue weighted by molar-refractivity contribution is -0.131. The molecule has 7 heteroatoms. The highest BCUT2D eigenvalue weighted by molar-refractivity contribution is 5.77. The molecule has 132 valence electrons. The van der Waals surface area contributed by atoms with Crippen LogP contribution in [-0.2, 0) is 10.3 Å². The van der Waals surface area contributed by atoms with Crippen molar-refractivity contribution in [1.82, 2.24) is 30.0 Å². The maximum absolute atomic E-state index is 12.6. The summed E-state index contributed by atoms with van der Waals surface area (Å²) in [6, 6.07) is 0.419. The molecule has 1 aliphatic heterocycles. The smallest absolute Gasteiger partial charge is 0.222 e. The second kappa shape index (κ2) is 6.10. The average molecular weight is 332 g/mol. The Morgan fingerprint density at radius 1 is 1.25 bits per heavy atom. The average Bonchev–Trinajstić information content (AvgIpc) is 3.06. The Labute approximate surface area is 143 Å². The van der Waals surface area contributed by atoms with Crippen molar-refractivity contribution >= 4 is 5.91 Å². The maximum atomic E-state index is 12.6. The molecule has 1 aromatic heterocycles. The number of carbonyl (C=O) groups excluding carboxylic acids is 1. The zero-order chi connectivity index (χ0) is 16.7. The molecule has 3 fully saturated rings. The molecular formula is C17H28N6O.